The Bertz CT molecular complexity index is 115. The summed E-state index contributed by atoms with van der Waals surface area (Å²) in [6.45, 7) is 9.58. The van der Waals surface area contributed by atoms with Crippen LogP contribution in [0.2, 0.25) is 0 Å². The Kier molecular flexibility index (Phi) is 2.98. The molecule has 3 atom stereocenters. The third-order valence-corrected chi connectivity index (χ3v) is 3.38. The van der Waals surface area contributed by atoms with Gasteiger partial charge in [0.25, 0.3) is 0 Å². The van der Waals surface area contributed by atoms with Crippen LogP contribution in [0.15, 0.2) is 0 Å². The number of hydrogen-bond acceptors (Lipinski definition) is 0. The molecule has 11 heavy (non-hydrogen) atoms. The summed E-state index contributed by atoms with van der Waals surface area (Å²) >= 11 is 0. The Morgan fingerprint density at radius 1 is 1.09 bits per heavy atom. The Hall–Kier alpha value is 0. The van der Waals surface area contributed by atoms with Crippen molar-refractivity contribution in [2.24, 2.45) is 23.7 Å². The Morgan fingerprint density at radius 3 is 2.18 bits per heavy atom. The van der Waals surface area contributed by atoms with Crippen LogP contribution in [-0.4, -0.2) is 0 Å². The number of hydrogen-bond donors (Lipinski definition) is 0. The molecule has 0 aromatic heterocycles. The SMILES string of the molecule is CC(C)[C@H]1C[C@H](C)CCC1C. The van der Waals surface area contributed by atoms with Crippen molar-refractivity contribution in [1.82, 2.24) is 0 Å². The van der Waals surface area contributed by atoms with Gasteiger partial charge in [-0.1, -0.05) is 40.5 Å². The van der Waals surface area contributed by atoms with Crippen molar-refractivity contribution >= 4 is 0 Å². The van der Waals surface area contributed by atoms with Crippen molar-refractivity contribution in [2.45, 2.75) is 47.0 Å². The average molecular weight is 154 g/mol. The molecule has 0 radical (unpaired) electrons. The van der Waals surface area contributed by atoms with E-state index in [0.29, 0.717) is 0 Å². The second kappa shape index (κ2) is 3.60. The van der Waals surface area contributed by atoms with Gasteiger partial charge in [0.2, 0.25) is 0 Å². The maximum Gasteiger partial charge on any atom is -0.0363 e. The molecular weight excluding hydrogens is 132 g/mol. The Morgan fingerprint density at radius 2 is 1.73 bits per heavy atom. The van der Waals surface area contributed by atoms with Crippen molar-refractivity contribution in [1.29, 1.82) is 0 Å². The van der Waals surface area contributed by atoms with Crippen LogP contribution in [0.4, 0.5) is 0 Å². The average Bonchev–Trinajstić information content (AvgIpc) is 1.94. The van der Waals surface area contributed by atoms with Crippen LogP contribution in [-0.2, 0) is 0 Å². The second-order valence-corrected chi connectivity index (χ2v) is 4.80. The van der Waals surface area contributed by atoms with Gasteiger partial charge in [-0.05, 0) is 30.1 Å². The first-order chi connectivity index (χ1) is 5.11. The van der Waals surface area contributed by atoms with Gasteiger partial charge in [0.15, 0.2) is 0 Å². The van der Waals surface area contributed by atoms with Crippen LogP contribution in [0.25, 0.3) is 0 Å². The van der Waals surface area contributed by atoms with Crippen LogP contribution in [0.5, 0.6) is 0 Å². The van der Waals surface area contributed by atoms with Crippen molar-refractivity contribution in [3.63, 3.8) is 0 Å². The van der Waals surface area contributed by atoms with E-state index < -0.39 is 0 Å². The molecule has 1 rings (SSSR count). The van der Waals surface area contributed by atoms with E-state index in [4.69, 9.17) is 0 Å². The molecule has 0 heteroatoms. The molecule has 1 saturated carbocycles. The third-order valence-electron chi connectivity index (χ3n) is 3.38. The van der Waals surface area contributed by atoms with Gasteiger partial charge in [-0.3, -0.25) is 0 Å². The summed E-state index contributed by atoms with van der Waals surface area (Å²) in [5.41, 5.74) is 0. The summed E-state index contributed by atoms with van der Waals surface area (Å²) in [4.78, 5) is 0. The Labute approximate surface area is 71.4 Å². The fraction of sp³-hybridized carbons (Fsp3) is 1.00. The van der Waals surface area contributed by atoms with Gasteiger partial charge in [0.05, 0.1) is 0 Å². The lowest BCUT2D eigenvalue weighted by Gasteiger charge is -2.35. The van der Waals surface area contributed by atoms with Crippen LogP contribution in [0.1, 0.15) is 47.0 Å². The van der Waals surface area contributed by atoms with E-state index in [2.05, 4.69) is 27.7 Å². The molecule has 0 aromatic carbocycles. The van der Waals surface area contributed by atoms with Crippen molar-refractivity contribution in [2.75, 3.05) is 0 Å². The summed E-state index contributed by atoms with van der Waals surface area (Å²) in [5.74, 6) is 3.86. The predicted molar refractivity (Wildman–Crippen MR) is 50.5 cm³/mol. The molecule has 66 valence electrons. The third kappa shape index (κ3) is 2.21. The highest BCUT2D eigenvalue weighted by atomic mass is 14.3. The largest absolute Gasteiger partial charge is 0.0625 e. The molecule has 1 aliphatic carbocycles. The normalized spacial score (nSPS) is 39.5. The summed E-state index contributed by atoms with van der Waals surface area (Å²) in [7, 11) is 0. The molecule has 1 unspecified atom stereocenters. The smallest absolute Gasteiger partial charge is 0.0363 e. The van der Waals surface area contributed by atoms with Crippen LogP contribution in [0.3, 0.4) is 0 Å². The molecule has 0 spiro atoms. The topological polar surface area (TPSA) is 0 Å². The summed E-state index contributed by atoms with van der Waals surface area (Å²) in [6, 6.07) is 0. The van der Waals surface area contributed by atoms with E-state index >= 15 is 0 Å². The zero-order valence-electron chi connectivity index (χ0n) is 8.43. The van der Waals surface area contributed by atoms with Crippen LogP contribution in [0, 0.1) is 23.7 Å². The van der Waals surface area contributed by atoms with E-state index in [1.54, 1.807) is 0 Å². The van der Waals surface area contributed by atoms with Gasteiger partial charge in [-0.2, -0.15) is 0 Å². The minimum Gasteiger partial charge on any atom is -0.0625 e. The molecule has 0 amide bonds. The molecule has 1 aliphatic rings. The van der Waals surface area contributed by atoms with Gasteiger partial charge in [0.1, 0.15) is 0 Å². The van der Waals surface area contributed by atoms with Gasteiger partial charge in [-0.15, -0.1) is 0 Å². The highest BCUT2D eigenvalue weighted by molar-refractivity contribution is 4.77. The van der Waals surface area contributed by atoms with Gasteiger partial charge in [0, 0.05) is 0 Å². The lowest BCUT2D eigenvalue weighted by Crippen LogP contribution is -2.25. The van der Waals surface area contributed by atoms with Crippen molar-refractivity contribution in [3.05, 3.63) is 0 Å². The quantitative estimate of drug-likeness (QED) is 0.540. The number of rotatable bonds is 1. The summed E-state index contributed by atoms with van der Waals surface area (Å²) in [5, 5.41) is 0. The lowest BCUT2D eigenvalue weighted by atomic mass is 9.71. The zero-order valence-corrected chi connectivity index (χ0v) is 8.43. The minimum absolute atomic E-state index is 0.896. The van der Waals surface area contributed by atoms with Gasteiger partial charge in [-0.25, -0.2) is 0 Å². The molecular formula is C11H22. The lowest BCUT2D eigenvalue weighted by molar-refractivity contribution is 0.155. The van der Waals surface area contributed by atoms with Gasteiger partial charge < -0.3 is 0 Å². The predicted octanol–water partition coefficient (Wildman–Crippen LogP) is 3.71. The maximum absolute atomic E-state index is 2.43. The van der Waals surface area contributed by atoms with Gasteiger partial charge >= 0.3 is 0 Å². The molecule has 0 nitrogen and oxygen atoms in total. The molecule has 0 bridgehead atoms. The van der Waals surface area contributed by atoms with E-state index in [0.717, 1.165) is 23.7 Å². The van der Waals surface area contributed by atoms with E-state index in [1.165, 1.54) is 19.3 Å². The van der Waals surface area contributed by atoms with Crippen molar-refractivity contribution < 1.29 is 0 Å². The first kappa shape index (κ1) is 9.09. The van der Waals surface area contributed by atoms with E-state index in [1.807, 2.05) is 0 Å². The van der Waals surface area contributed by atoms with E-state index in [-0.39, 0.29) is 0 Å². The fourth-order valence-electron chi connectivity index (χ4n) is 2.51. The second-order valence-electron chi connectivity index (χ2n) is 4.80. The highest BCUT2D eigenvalue weighted by Gasteiger charge is 2.27. The first-order valence-corrected chi connectivity index (χ1v) is 5.11. The fourth-order valence-corrected chi connectivity index (χ4v) is 2.51. The first-order valence-electron chi connectivity index (χ1n) is 5.11. The molecule has 0 saturated heterocycles. The summed E-state index contributed by atoms with van der Waals surface area (Å²) < 4.78 is 0. The van der Waals surface area contributed by atoms with Crippen LogP contribution >= 0.6 is 0 Å². The van der Waals surface area contributed by atoms with E-state index in [9.17, 15) is 0 Å². The zero-order chi connectivity index (χ0) is 8.43. The molecule has 0 aliphatic heterocycles. The molecule has 0 aromatic rings. The Balaban J connectivity index is 2.47. The van der Waals surface area contributed by atoms with Crippen LogP contribution < -0.4 is 0 Å². The molecule has 0 N–H and O–H groups in total. The molecule has 1 fully saturated rings. The monoisotopic (exact) mass is 154 g/mol. The van der Waals surface area contributed by atoms with Crippen molar-refractivity contribution in [3.8, 4) is 0 Å². The minimum atomic E-state index is 0.896. The maximum atomic E-state index is 2.43. The summed E-state index contributed by atoms with van der Waals surface area (Å²) in [6.07, 6.45) is 4.40. The molecule has 0 heterocycles. The standard InChI is InChI=1S/C11H22/c1-8(2)11-7-9(3)5-6-10(11)4/h8-11H,5-7H2,1-4H3/t9-,10?,11-/m1/s1. The highest BCUT2D eigenvalue weighted by Crippen LogP contribution is 2.37.